The molecule has 0 aliphatic carbocycles. The van der Waals surface area contributed by atoms with E-state index in [4.69, 9.17) is 27.9 Å². The molecule has 0 fully saturated rings. The highest BCUT2D eigenvalue weighted by Gasteiger charge is 2.06. The monoisotopic (exact) mass is 380 g/mol. The predicted molar refractivity (Wildman–Crippen MR) is 105 cm³/mol. The SMILES string of the molecule is O=C(CCCc1ccc(N(CCCl)CCCl)cc1)OCc1cc[cH-]c1. The van der Waals surface area contributed by atoms with Gasteiger partial charge in [-0.2, -0.15) is 23.8 Å². The van der Waals surface area contributed by atoms with Crippen molar-refractivity contribution in [1.82, 2.24) is 0 Å². The number of ether oxygens (including phenoxy) is 1. The number of alkyl halides is 2. The van der Waals surface area contributed by atoms with E-state index < -0.39 is 0 Å². The van der Waals surface area contributed by atoms with Crippen molar-refractivity contribution in [3.8, 4) is 0 Å². The van der Waals surface area contributed by atoms with Crippen molar-refractivity contribution in [2.24, 2.45) is 0 Å². The molecular formula is C20H24Cl2NO2-. The summed E-state index contributed by atoms with van der Waals surface area (Å²) in [4.78, 5) is 13.9. The lowest BCUT2D eigenvalue weighted by atomic mass is 10.1. The minimum Gasteiger partial charge on any atom is -0.475 e. The largest absolute Gasteiger partial charge is 0.475 e. The molecule has 136 valence electrons. The lowest BCUT2D eigenvalue weighted by Gasteiger charge is -2.23. The number of aryl methyl sites for hydroxylation is 1. The molecule has 0 saturated carbocycles. The van der Waals surface area contributed by atoms with E-state index in [9.17, 15) is 4.79 Å². The van der Waals surface area contributed by atoms with Crippen molar-refractivity contribution in [3.05, 3.63) is 59.7 Å². The summed E-state index contributed by atoms with van der Waals surface area (Å²) in [5.41, 5.74) is 3.37. The maximum atomic E-state index is 11.8. The molecule has 2 aromatic carbocycles. The number of esters is 1. The van der Waals surface area contributed by atoms with Gasteiger partial charge < -0.3 is 9.64 Å². The van der Waals surface area contributed by atoms with Gasteiger partial charge in [-0.05, 0) is 30.5 Å². The average Bonchev–Trinajstić information content (AvgIpc) is 3.14. The summed E-state index contributed by atoms with van der Waals surface area (Å²) in [5, 5.41) is 0. The van der Waals surface area contributed by atoms with Crippen LogP contribution in [0.4, 0.5) is 5.69 Å². The summed E-state index contributed by atoms with van der Waals surface area (Å²) in [5.74, 6) is 1.00. The molecule has 0 amide bonds. The molecule has 3 nitrogen and oxygen atoms in total. The fraction of sp³-hybridized carbons (Fsp3) is 0.400. The number of rotatable bonds is 11. The van der Waals surface area contributed by atoms with Gasteiger partial charge in [0.2, 0.25) is 0 Å². The maximum Gasteiger partial charge on any atom is 0.305 e. The van der Waals surface area contributed by atoms with Gasteiger partial charge in [0.25, 0.3) is 0 Å². The first-order valence-corrected chi connectivity index (χ1v) is 9.62. The van der Waals surface area contributed by atoms with Crippen molar-refractivity contribution in [1.29, 1.82) is 0 Å². The number of carbonyl (C=O) groups is 1. The molecule has 2 aromatic rings. The van der Waals surface area contributed by atoms with Crippen LogP contribution < -0.4 is 4.90 Å². The first-order valence-electron chi connectivity index (χ1n) is 8.55. The Bertz CT molecular complexity index is 605. The number of halogens is 2. The van der Waals surface area contributed by atoms with E-state index in [-0.39, 0.29) is 5.97 Å². The minimum atomic E-state index is -0.145. The second-order valence-electron chi connectivity index (χ2n) is 5.84. The Hall–Kier alpha value is -1.58. The maximum absolute atomic E-state index is 11.8. The van der Waals surface area contributed by atoms with Crippen molar-refractivity contribution >= 4 is 34.9 Å². The van der Waals surface area contributed by atoms with Gasteiger partial charge in [0, 0.05) is 37.0 Å². The third kappa shape index (κ3) is 7.05. The van der Waals surface area contributed by atoms with Crippen LogP contribution in [0.1, 0.15) is 24.0 Å². The Labute approximate surface area is 159 Å². The Balaban J connectivity index is 1.72. The zero-order chi connectivity index (χ0) is 17.9. The van der Waals surface area contributed by atoms with Crippen molar-refractivity contribution < 1.29 is 9.53 Å². The van der Waals surface area contributed by atoms with Crippen LogP contribution in [0.5, 0.6) is 0 Å². The minimum absolute atomic E-state index is 0.145. The third-order valence-electron chi connectivity index (χ3n) is 3.99. The Morgan fingerprint density at radius 1 is 1.04 bits per heavy atom. The van der Waals surface area contributed by atoms with Crippen LogP contribution in [-0.2, 0) is 22.6 Å². The molecule has 0 unspecified atom stereocenters. The fourth-order valence-corrected chi connectivity index (χ4v) is 3.04. The summed E-state index contributed by atoms with van der Waals surface area (Å²) < 4.78 is 5.26. The Morgan fingerprint density at radius 3 is 2.36 bits per heavy atom. The van der Waals surface area contributed by atoms with Gasteiger partial charge in [0.05, 0.1) is 6.61 Å². The lowest BCUT2D eigenvalue weighted by molar-refractivity contribution is -0.145. The number of hydrogen-bond donors (Lipinski definition) is 0. The molecule has 0 spiro atoms. The summed E-state index contributed by atoms with van der Waals surface area (Å²) >= 11 is 11.7. The molecule has 25 heavy (non-hydrogen) atoms. The number of nitrogens with zero attached hydrogens (tertiary/aromatic N) is 1. The predicted octanol–water partition coefficient (Wildman–Crippen LogP) is 4.76. The summed E-state index contributed by atoms with van der Waals surface area (Å²) in [6, 6.07) is 16.1. The van der Waals surface area contributed by atoms with E-state index in [0.29, 0.717) is 24.8 Å². The van der Waals surface area contributed by atoms with Crippen LogP contribution in [0, 0.1) is 0 Å². The standard InChI is InChI=1S/C20H24Cl2NO2/c21-12-14-23(15-13-22)19-10-8-17(9-11-19)6-3-7-20(24)25-16-18-4-1-2-5-18/h1-2,4-5,8-11H,3,6-7,12-16H2/q-1. The first kappa shape index (κ1) is 19.7. The van der Waals surface area contributed by atoms with E-state index in [1.165, 1.54) is 5.56 Å². The highest BCUT2D eigenvalue weighted by atomic mass is 35.5. The normalized spacial score (nSPS) is 10.6. The van der Waals surface area contributed by atoms with Gasteiger partial charge in [-0.3, -0.25) is 4.79 Å². The van der Waals surface area contributed by atoms with Crippen LogP contribution in [0.25, 0.3) is 0 Å². The van der Waals surface area contributed by atoms with Gasteiger partial charge >= 0.3 is 5.97 Å². The van der Waals surface area contributed by atoms with Gasteiger partial charge in [0.15, 0.2) is 0 Å². The summed E-state index contributed by atoms with van der Waals surface area (Å²) in [7, 11) is 0. The first-order chi connectivity index (χ1) is 12.2. The van der Waals surface area contributed by atoms with Gasteiger partial charge in [-0.25, -0.2) is 6.07 Å². The highest BCUT2D eigenvalue weighted by molar-refractivity contribution is 6.18. The topological polar surface area (TPSA) is 29.5 Å². The van der Waals surface area contributed by atoms with Gasteiger partial charge in [-0.1, -0.05) is 12.1 Å². The van der Waals surface area contributed by atoms with Crippen molar-refractivity contribution in [2.75, 3.05) is 29.7 Å². The smallest absolute Gasteiger partial charge is 0.305 e. The molecular weight excluding hydrogens is 357 g/mol. The van der Waals surface area contributed by atoms with E-state index in [1.807, 2.05) is 24.3 Å². The second-order valence-corrected chi connectivity index (χ2v) is 6.59. The van der Waals surface area contributed by atoms with Gasteiger partial charge in [-0.15, -0.1) is 23.2 Å². The Kier molecular flexibility index (Phi) is 8.78. The van der Waals surface area contributed by atoms with Gasteiger partial charge in [0.1, 0.15) is 0 Å². The number of carbonyl (C=O) groups excluding carboxylic acids is 1. The molecule has 0 heterocycles. The third-order valence-corrected chi connectivity index (χ3v) is 4.33. The van der Waals surface area contributed by atoms with E-state index >= 15 is 0 Å². The quantitative estimate of drug-likeness (QED) is 0.319. The molecule has 0 radical (unpaired) electrons. The number of anilines is 1. The average molecular weight is 381 g/mol. The van der Waals surface area contributed by atoms with E-state index in [0.717, 1.165) is 37.2 Å². The highest BCUT2D eigenvalue weighted by Crippen LogP contribution is 2.17. The molecule has 0 N–H and O–H groups in total. The van der Waals surface area contributed by atoms with Crippen molar-refractivity contribution in [3.63, 3.8) is 0 Å². The zero-order valence-corrected chi connectivity index (χ0v) is 15.8. The lowest BCUT2D eigenvalue weighted by Crippen LogP contribution is -2.27. The number of hydrogen-bond acceptors (Lipinski definition) is 3. The van der Waals surface area contributed by atoms with E-state index in [1.54, 1.807) is 0 Å². The van der Waals surface area contributed by atoms with Crippen LogP contribution in [0.2, 0.25) is 0 Å². The summed E-state index contributed by atoms with van der Waals surface area (Å²) in [6.07, 6.45) is 2.08. The molecule has 0 bridgehead atoms. The molecule has 0 aliphatic rings. The molecule has 0 saturated heterocycles. The van der Waals surface area contributed by atoms with Crippen LogP contribution in [-0.4, -0.2) is 30.8 Å². The molecule has 2 rings (SSSR count). The Morgan fingerprint density at radius 2 is 1.76 bits per heavy atom. The van der Waals surface area contributed by atoms with Crippen LogP contribution in [0.15, 0.2) is 48.5 Å². The fourth-order valence-electron chi connectivity index (χ4n) is 2.63. The number of benzene rings is 1. The molecule has 0 aliphatic heterocycles. The van der Waals surface area contributed by atoms with E-state index in [2.05, 4.69) is 29.2 Å². The molecule has 0 aromatic heterocycles. The molecule has 0 atom stereocenters. The van der Waals surface area contributed by atoms with Crippen molar-refractivity contribution in [2.45, 2.75) is 25.9 Å². The molecule has 5 heteroatoms. The van der Waals surface area contributed by atoms with Crippen LogP contribution >= 0.6 is 23.2 Å². The second kappa shape index (κ2) is 11.1. The van der Waals surface area contributed by atoms with Crippen LogP contribution in [0.3, 0.4) is 0 Å². The zero-order valence-electron chi connectivity index (χ0n) is 14.3. The summed E-state index contributed by atoms with van der Waals surface area (Å²) in [6.45, 7) is 1.92.